The van der Waals surface area contributed by atoms with E-state index in [1.807, 2.05) is 35.0 Å². The van der Waals surface area contributed by atoms with Crippen LogP contribution in [0.4, 0.5) is 0 Å². The summed E-state index contributed by atoms with van der Waals surface area (Å²) in [5, 5.41) is 5.47. The predicted octanol–water partition coefficient (Wildman–Crippen LogP) is 0.772. The highest BCUT2D eigenvalue weighted by molar-refractivity contribution is 5.89. The molecule has 3 heterocycles. The van der Waals surface area contributed by atoms with E-state index < -0.39 is 0 Å². The van der Waals surface area contributed by atoms with Crippen LogP contribution in [0.25, 0.3) is 22.9 Å². The van der Waals surface area contributed by atoms with E-state index in [2.05, 4.69) is 15.1 Å². The zero-order chi connectivity index (χ0) is 9.83. The summed E-state index contributed by atoms with van der Waals surface area (Å²) < 4.78 is 1.88. The first-order chi connectivity index (χ1) is 7.43. The Morgan fingerprint density at radius 3 is 3.07 bits per heavy atom. The van der Waals surface area contributed by atoms with Gasteiger partial charge in [0.25, 0.3) is 0 Å². The highest BCUT2D eigenvalue weighted by Crippen LogP contribution is 2.14. The van der Waals surface area contributed by atoms with Gasteiger partial charge in [0.05, 0.1) is 22.5 Å². The summed E-state index contributed by atoms with van der Waals surface area (Å²) in [6, 6.07) is 7.99. The number of imidazole rings is 1. The molecule has 0 saturated carbocycles. The van der Waals surface area contributed by atoms with E-state index >= 15 is 0 Å². The number of nitrogens with zero attached hydrogens (tertiary/aromatic N) is 4. The molecule has 15 heavy (non-hydrogen) atoms. The molecule has 1 aliphatic heterocycles. The van der Waals surface area contributed by atoms with Crippen LogP contribution in [-0.2, 0) is 0 Å². The van der Waals surface area contributed by atoms with Gasteiger partial charge in [-0.3, -0.25) is 4.99 Å². The molecule has 0 unspecified atom stereocenters. The minimum absolute atomic E-state index is 0.892. The molecular formula is C11H6N4. The Hall–Kier alpha value is -2.23. The van der Waals surface area contributed by atoms with Crippen LogP contribution in [0.15, 0.2) is 29.3 Å². The molecule has 0 radical (unpaired) electrons. The minimum atomic E-state index is 0.892. The lowest BCUT2D eigenvalue weighted by molar-refractivity contribution is 1.00. The van der Waals surface area contributed by atoms with Crippen molar-refractivity contribution in [1.29, 1.82) is 0 Å². The van der Waals surface area contributed by atoms with Gasteiger partial charge in [-0.1, -0.05) is 12.1 Å². The van der Waals surface area contributed by atoms with Gasteiger partial charge >= 0.3 is 0 Å². The number of hydrogen-bond donors (Lipinski definition) is 0. The molecule has 70 valence electrons. The van der Waals surface area contributed by atoms with Crippen LogP contribution in [0.3, 0.4) is 0 Å². The van der Waals surface area contributed by atoms with Crippen molar-refractivity contribution in [2.75, 3.05) is 0 Å². The van der Waals surface area contributed by atoms with E-state index in [1.165, 1.54) is 0 Å². The van der Waals surface area contributed by atoms with E-state index in [1.54, 1.807) is 6.21 Å². The normalized spacial score (nSPS) is 13.6. The minimum Gasteiger partial charge on any atom is -0.262 e. The number of fused-ring (bicyclic) bond motifs is 5. The van der Waals surface area contributed by atoms with E-state index in [4.69, 9.17) is 0 Å². The van der Waals surface area contributed by atoms with Crippen LogP contribution in [0.1, 0.15) is 5.69 Å². The highest BCUT2D eigenvalue weighted by Gasteiger charge is 2.12. The molecule has 2 aromatic heterocycles. The fourth-order valence-corrected chi connectivity index (χ4v) is 1.97. The average Bonchev–Trinajstić information content (AvgIpc) is 2.87. The maximum absolute atomic E-state index is 4.54. The van der Waals surface area contributed by atoms with Gasteiger partial charge < -0.3 is 0 Å². The van der Waals surface area contributed by atoms with Gasteiger partial charge in [-0.2, -0.15) is 5.10 Å². The molecule has 0 fully saturated rings. The van der Waals surface area contributed by atoms with Gasteiger partial charge in [0.1, 0.15) is 5.69 Å². The molecule has 0 N–H and O–H groups in total. The summed E-state index contributed by atoms with van der Waals surface area (Å²) >= 11 is 0. The fraction of sp³-hybridized carbons (Fsp3) is 0. The molecule has 4 rings (SSSR count). The molecule has 0 saturated heterocycles. The van der Waals surface area contributed by atoms with Gasteiger partial charge in [0.15, 0.2) is 5.65 Å². The Labute approximate surface area is 84.6 Å². The second kappa shape index (κ2) is 2.23. The lowest BCUT2D eigenvalue weighted by atomic mass is 10.3. The first-order valence-electron chi connectivity index (χ1n) is 4.74. The Kier molecular flexibility index (Phi) is 1.06. The highest BCUT2D eigenvalue weighted by atomic mass is 15.3. The van der Waals surface area contributed by atoms with Crippen LogP contribution >= 0.6 is 0 Å². The van der Waals surface area contributed by atoms with Crippen molar-refractivity contribution in [1.82, 2.24) is 14.6 Å². The second-order valence-electron chi connectivity index (χ2n) is 3.54. The van der Waals surface area contributed by atoms with E-state index in [-0.39, 0.29) is 0 Å². The molecule has 0 aliphatic carbocycles. The van der Waals surface area contributed by atoms with E-state index in [0.717, 1.165) is 27.6 Å². The first kappa shape index (κ1) is 7.11. The number of hydrogen-bond acceptors (Lipinski definition) is 3. The van der Waals surface area contributed by atoms with Gasteiger partial charge in [-0.05, 0) is 12.1 Å². The summed E-state index contributed by atoms with van der Waals surface area (Å²) in [4.78, 5) is 8.60. The Balaban J connectivity index is 2.35. The van der Waals surface area contributed by atoms with Crippen molar-refractivity contribution < 1.29 is 0 Å². The second-order valence-corrected chi connectivity index (χ2v) is 3.54. The van der Waals surface area contributed by atoms with Crippen LogP contribution < -0.4 is 5.22 Å². The number of rotatable bonds is 0. The maximum atomic E-state index is 4.54. The summed E-state index contributed by atoms with van der Waals surface area (Å²) in [6.07, 6.45) is 3.57. The van der Waals surface area contributed by atoms with Crippen LogP contribution in [0, 0.1) is 0 Å². The van der Waals surface area contributed by atoms with Crippen molar-refractivity contribution in [3.63, 3.8) is 0 Å². The first-order valence-corrected chi connectivity index (χ1v) is 4.74. The van der Waals surface area contributed by atoms with E-state index in [9.17, 15) is 0 Å². The van der Waals surface area contributed by atoms with Gasteiger partial charge in [-0.25, -0.2) is 9.50 Å². The van der Waals surface area contributed by atoms with Crippen molar-refractivity contribution in [3.05, 3.63) is 35.2 Å². The molecule has 4 nitrogen and oxygen atoms in total. The maximum Gasteiger partial charge on any atom is 0.165 e. The topological polar surface area (TPSA) is 42.5 Å². The van der Waals surface area contributed by atoms with Crippen molar-refractivity contribution in [2.45, 2.75) is 0 Å². The summed E-state index contributed by atoms with van der Waals surface area (Å²) in [7, 11) is 0. The monoisotopic (exact) mass is 194 g/mol. The summed E-state index contributed by atoms with van der Waals surface area (Å²) in [5.41, 5.74) is 3.82. The molecule has 4 heteroatoms. The van der Waals surface area contributed by atoms with Gasteiger partial charge in [0.2, 0.25) is 0 Å². The zero-order valence-electron chi connectivity index (χ0n) is 7.75. The molecule has 0 spiro atoms. The molecular weight excluding hydrogens is 188 g/mol. The standard InChI is InChI=1S/C11H6N4/c1-2-4-10-8(3-1)13-11-7-5-12-6-9(7)14-15(10)11/h1-6H. The molecule has 0 atom stereocenters. The largest absolute Gasteiger partial charge is 0.262 e. The quantitative estimate of drug-likeness (QED) is 0.530. The molecule has 1 aliphatic rings. The lowest BCUT2D eigenvalue weighted by Gasteiger charge is -1.86. The number of aromatic nitrogens is 3. The fourth-order valence-electron chi connectivity index (χ4n) is 1.97. The summed E-state index contributed by atoms with van der Waals surface area (Å²) in [6.45, 7) is 0. The number of aliphatic imine (C=N–C) groups is 1. The van der Waals surface area contributed by atoms with E-state index in [0.29, 0.717) is 0 Å². The third kappa shape index (κ3) is 0.747. The number of benzene rings is 1. The summed E-state index contributed by atoms with van der Waals surface area (Å²) in [5.74, 6) is 0. The third-order valence-electron chi connectivity index (χ3n) is 2.66. The lowest BCUT2D eigenvalue weighted by Crippen LogP contribution is -2.00. The Morgan fingerprint density at radius 1 is 1.13 bits per heavy atom. The molecule has 0 amide bonds. The smallest absolute Gasteiger partial charge is 0.165 e. The average molecular weight is 194 g/mol. The van der Waals surface area contributed by atoms with Gasteiger partial charge in [0, 0.05) is 6.20 Å². The molecule has 1 aromatic carbocycles. The van der Waals surface area contributed by atoms with Gasteiger partial charge in [-0.15, -0.1) is 0 Å². The molecule has 0 bridgehead atoms. The van der Waals surface area contributed by atoms with Crippen LogP contribution in [0.5, 0.6) is 0 Å². The van der Waals surface area contributed by atoms with Crippen LogP contribution in [0.2, 0.25) is 0 Å². The third-order valence-corrected chi connectivity index (χ3v) is 2.66. The van der Waals surface area contributed by atoms with Crippen molar-refractivity contribution >= 4 is 29.1 Å². The Morgan fingerprint density at radius 2 is 2.07 bits per heavy atom. The molecule has 3 aromatic rings. The van der Waals surface area contributed by atoms with Crippen molar-refractivity contribution in [2.24, 2.45) is 4.99 Å². The Bertz CT molecular complexity index is 767. The zero-order valence-corrected chi connectivity index (χ0v) is 7.75. The predicted molar refractivity (Wildman–Crippen MR) is 57.8 cm³/mol. The number of para-hydroxylation sites is 2. The SMILES string of the molecule is C1=NC=c2c1nn1c2nc2ccccc21. The van der Waals surface area contributed by atoms with Crippen molar-refractivity contribution in [3.8, 4) is 0 Å². The van der Waals surface area contributed by atoms with Crippen LogP contribution in [-0.4, -0.2) is 20.8 Å².